The maximum absolute atomic E-state index is 12.6. The predicted molar refractivity (Wildman–Crippen MR) is 99.9 cm³/mol. The van der Waals surface area contributed by atoms with E-state index in [1.165, 1.54) is 5.32 Å². The molecule has 0 aromatic carbocycles. The van der Waals surface area contributed by atoms with Gasteiger partial charge in [0.2, 0.25) is 16.8 Å². The Kier molecular flexibility index (Phi) is 8.45. The highest BCUT2D eigenvalue weighted by Crippen LogP contribution is 2.44. The van der Waals surface area contributed by atoms with E-state index in [-0.39, 0.29) is 0 Å². The first kappa shape index (κ1) is 29.1. The molecule has 0 bridgehead atoms. The van der Waals surface area contributed by atoms with Gasteiger partial charge in [-0.1, -0.05) is 0 Å². The lowest BCUT2D eigenvalue weighted by molar-refractivity contribution is -0.272. The molecule has 0 aliphatic heterocycles. The summed E-state index contributed by atoms with van der Waals surface area (Å²) in [5, 5.41) is 64.5. The summed E-state index contributed by atoms with van der Waals surface area (Å²) in [5.41, 5.74) is -17.1. The van der Waals surface area contributed by atoms with Crippen LogP contribution < -0.4 is 5.32 Å². The van der Waals surface area contributed by atoms with Gasteiger partial charge in [-0.15, -0.1) is 0 Å². The average Bonchev–Trinajstić information content (AvgIpc) is 2.67. The Labute approximate surface area is 180 Å². The summed E-state index contributed by atoms with van der Waals surface area (Å²) in [6, 6.07) is 0. The second-order valence-corrected chi connectivity index (χ2v) is 7.21. The van der Waals surface area contributed by atoms with Crippen molar-refractivity contribution in [2.45, 2.75) is 63.1 Å². The van der Waals surface area contributed by atoms with Crippen molar-refractivity contribution in [1.29, 1.82) is 0 Å². The van der Waals surface area contributed by atoms with Crippen LogP contribution in [-0.4, -0.2) is 106 Å². The normalized spacial score (nSPS) is 19.7. The fourth-order valence-corrected chi connectivity index (χ4v) is 3.37. The average molecular weight is 463 g/mol. The highest BCUT2D eigenvalue weighted by atomic mass is 16.4. The van der Waals surface area contributed by atoms with Crippen molar-refractivity contribution in [3.8, 4) is 0 Å². The molecule has 0 radical (unpaired) electrons. The van der Waals surface area contributed by atoms with Crippen molar-refractivity contribution >= 4 is 40.8 Å². The molecule has 0 aromatic rings. The van der Waals surface area contributed by atoms with E-state index in [9.17, 15) is 59.1 Å². The van der Waals surface area contributed by atoms with Crippen LogP contribution in [0, 0.1) is 0 Å². The van der Waals surface area contributed by atoms with Gasteiger partial charge in [0.25, 0.3) is 5.91 Å². The van der Waals surface area contributed by atoms with Gasteiger partial charge in [-0.25, -0.2) is 0 Å². The summed E-state index contributed by atoms with van der Waals surface area (Å²) in [6.45, 7) is 0.815. The summed E-state index contributed by atoms with van der Waals surface area (Å²) in [4.78, 5) is 84.6. The molecule has 0 aliphatic rings. The summed E-state index contributed by atoms with van der Waals surface area (Å²) >= 11 is 0. The number of rotatable bonds is 12. The van der Waals surface area contributed by atoms with Crippen LogP contribution in [0.25, 0.3) is 0 Å². The van der Waals surface area contributed by atoms with E-state index >= 15 is 0 Å². The number of carbonyl (C=O) groups is 7. The molecule has 0 heterocycles. The summed E-state index contributed by atoms with van der Waals surface area (Å²) < 4.78 is 0. The van der Waals surface area contributed by atoms with Crippen molar-refractivity contribution in [2.75, 3.05) is 6.54 Å². The molecular weight excluding hydrogens is 438 g/mol. The molecule has 0 fully saturated rings. The maximum atomic E-state index is 12.6. The zero-order chi connectivity index (χ0) is 26.0. The number of aliphatic hydroxyl groups excluding tert-OH is 1. The molecular formula is C18H25NO13. The van der Waals surface area contributed by atoms with Crippen molar-refractivity contribution in [1.82, 2.24) is 5.32 Å². The molecule has 0 aromatic heterocycles. The van der Waals surface area contributed by atoms with Gasteiger partial charge in [-0.05, 0) is 34.6 Å². The number of hydrogen-bond donors (Lipinski definition) is 7. The Morgan fingerprint density at radius 3 is 1.38 bits per heavy atom. The highest BCUT2D eigenvalue weighted by Gasteiger charge is 2.80. The van der Waals surface area contributed by atoms with Gasteiger partial charge in [0.1, 0.15) is 6.54 Å². The Hall–Kier alpha value is -2.91. The number of amides is 1. The van der Waals surface area contributed by atoms with Gasteiger partial charge in [-0.2, -0.15) is 0 Å². The number of ketones is 5. The molecule has 0 saturated heterocycles. The van der Waals surface area contributed by atoms with Crippen LogP contribution in [0.15, 0.2) is 0 Å². The van der Waals surface area contributed by atoms with Gasteiger partial charge in [-0.3, -0.25) is 33.6 Å². The van der Waals surface area contributed by atoms with Gasteiger partial charge >= 0.3 is 5.97 Å². The van der Waals surface area contributed by atoms with E-state index < -0.39 is 75.8 Å². The van der Waals surface area contributed by atoms with Crippen molar-refractivity contribution in [3.63, 3.8) is 0 Å². The van der Waals surface area contributed by atoms with Crippen LogP contribution in [0.1, 0.15) is 34.6 Å². The zero-order valence-corrected chi connectivity index (χ0v) is 17.8. The summed E-state index contributed by atoms with van der Waals surface area (Å²) in [7, 11) is 0. The summed E-state index contributed by atoms with van der Waals surface area (Å²) in [5.74, 6) is -12.8. The smallest absolute Gasteiger partial charge is 0.322 e. The van der Waals surface area contributed by atoms with Crippen LogP contribution in [0.3, 0.4) is 0 Å². The molecule has 0 saturated carbocycles. The Balaban J connectivity index is 7.69. The van der Waals surface area contributed by atoms with E-state index in [0.717, 1.165) is 0 Å². The number of aliphatic carboxylic acids is 1. The van der Waals surface area contributed by atoms with Crippen LogP contribution in [0.2, 0.25) is 0 Å². The second-order valence-electron chi connectivity index (χ2n) is 7.21. The number of aliphatic hydroxyl groups is 5. The van der Waals surface area contributed by atoms with Crippen LogP contribution in [-0.2, 0) is 33.6 Å². The SMILES string of the molecule is CC(=O)C(O)[C@](O)(C(C)=O)[C@](O)(C(C)=O)[C@@](O)(C(C)=O)[C@](O)(C(C)=O)C(=O)NCC(=O)O. The van der Waals surface area contributed by atoms with E-state index in [1.54, 1.807) is 0 Å². The van der Waals surface area contributed by atoms with Gasteiger partial charge in [0.15, 0.2) is 40.6 Å². The molecule has 32 heavy (non-hydrogen) atoms. The van der Waals surface area contributed by atoms with Crippen LogP contribution in [0.5, 0.6) is 0 Å². The predicted octanol–water partition coefficient (Wildman–Crippen LogP) is -4.58. The standard InChI is InChI=1S/C18H25NO13/c1-7(20)13(27)15(29,8(2)21)17(31,10(4)23)18(32,11(5)24)16(30,9(3)22)14(28)19-6-12(25)26/h13,27,29-32H,6H2,1-5H3,(H,19,28)(H,25,26)/t13?,15-,16+,17-,18-/m1/s1. The molecule has 180 valence electrons. The number of carboxylic acids is 1. The minimum absolute atomic E-state index is 0.340. The molecule has 14 heteroatoms. The number of carbonyl (C=O) groups excluding carboxylic acids is 6. The largest absolute Gasteiger partial charge is 0.480 e. The second kappa shape index (κ2) is 9.30. The zero-order valence-electron chi connectivity index (χ0n) is 17.8. The Morgan fingerprint density at radius 1 is 0.719 bits per heavy atom. The number of carboxylic acid groups (broad SMARTS) is 1. The lowest BCUT2D eigenvalue weighted by Gasteiger charge is -2.53. The van der Waals surface area contributed by atoms with Gasteiger partial charge < -0.3 is 36.0 Å². The summed E-state index contributed by atoms with van der Waals surface area (Å²) in [6.07, 6.45) is -3.00. The molecule has 5 atom stereocenters. The molecule has 7 N–H and O–H groups in total. The highest BCUT2D eigenvalue weighted by molar-refractivity contribution is 6.18. The third-order valence-electron chi connectivity index (χ3n) is 5.17. The lowest BCUT2D eigenvalue weighted by atomic mass is 9.56. The topological polar surface area (TPSA) is 253 Å². The molecule has 1 amide bonds. The van der Waals surface area contributed by atoms with E-state index in [1.807, 2.05) is 0 Å². The Morgan fingerprint density at radius 2 is 1.12 bits per heavy atom. The molecule has 1 unspecified atom stereocenters. The van der Waals surface area contributed by atoms with Crippen molar-refractivity contribution in [3.05, 3.63) is 0 Å². The van der Waals surface area contributed by atoms with Crippen molar-refractivity contribution < 1.29 is 64.2 Å². The fraction of sp³-hybridized carbons (Fsp3) is 0.611. The first-order valence-corrected chi connectivity index (χ1v) is 8.84. The fourth-order valence-electron chi connectivity index (χ4n) is 3.37. The van der Waals surface area contributed by atoms with Gasteiger partial charge in [0.05, 0.1) is 0 Å². The number of Topliss-reactive ketones (excluding diaryl/α,β-unsaturated/α-hetero) is 5. The molecule has 0 rings (SSSR count). The van der Waals surface area contributed by atoms with E-state index in [0.29, 0.717) is 34.6 Å². The maximum Gasteiger partial charge on any atom is 0.322 e. The molecule has 0 spiro atoms. The minimum atomic E-state index is -4.42. The molecule has 0 aliphatic carbocycles. The molecule has 14 nitrogen and oxygen atoms in total. The lowest BCUT2D eigenvalue weighted by Crippen LogP contribution is -2.87. The Bertz CT molecular complexity index is 882. The quantitative estimate of drug-likeness (QED) is 0.135. The third kappa shape index (κ3) is 3.86. The minimum Gasteiger partial charge on any atom is -0.480 e. The van der Waals surface area contributed by atoms with Crippen molar-refractivity contribution in [2.24, 2.45) is 0 Å². The van der Waals surface area contributed by atoms with E-state index in [4.69, 9.17) is 5.11 Å². The number of nitrogens with one attached hydrogen (secondary N) is 1. The monoisotopic (exact) mass is 463 g/mol. The number of hydrogen-bond acceptors (Lipinski definition) is 12. The third-order valence-corrected chi connectivity index (χ3v) is 5.17. The van der Waals surface area contributed by atoms with Crippen LogP contribution >= 0.6 is 0 Å². The van der Waals surface area contributed by atoms with Crippen LogP contribution in [0.4, 0.5) is 0 Å². The van der Waals surface area contributed by atoms with Gasteiger partial charge in [0, 0.05) is 0 Å². The first-order chi connectivity index (χ1) is 14.2. The van der Waals surface area contributed by atoms with E-state index in [2.05, 4.69) is 0 Å². The first-order valence-electron chi connectivity index (χ1n) is 8.84.